The zero-order chi connectivity index (χ0) is 10.5. The summed E-state index contributed by atoms with van der Waals surface area (Å²) in [7, 11) is 0. The van der Waals surface area contributed by atoms with Crippen LogP contribution in [0.3, 0.4) is 0 Å². The summed E-state index contributed by atoms with van der Waals surface area (Å²) in [6.45, 7) is 3.57. The van der Waals surface area contributed by atoms with Crippen LogP contribution >= 0.6 is 23.6 Å². The molecule has 0 aliphatic heterocycles. The molecule has 0 aliphatic carbocycles. The first-order valence-electron chi connectivity index (χ1n) is 4.30. The molecule has 5 heteroatoms. The number of halogens is 2. The van der Waals surface area contributed by atoms with Crippen molar-refractivity contribution in [2.45, 2.75) is 45.1 Å². The number of hydrogen-bond acceptors (Lipinski definition) is 2. The Morgan fingerprint density at radius 2 is 2.00 bits per heavy atom. The standard InChI is InChI=1S/C8H15Cl2NO2/c1-3-4-5-6-8(2,7(12)13)11(9)10/h3-6H2,1-2H3,(H,12,13). The Morgan fingerprint density at radius 1 is 1.46 bits per heavy atom. The van der Waals surface area contributed by atoms with Gasteiger partial charge in [-0.05, 0) is 36.9 Å². The lowest BCUT2D eigenvalue weighted by molar-refractivity contribution is -0.145. The summed E-state index contributed by atoms with van der Waals surface area (Å²) >= 11 is 11.0. The molecule has 0 amide bonds. The Kier molecular flexibility index (Phi) is 5.68. The van der Waals surface area contributed by atoms with Crippen molar-refractivity contribution in [3.63, 3.8) is 0 Å². The van der Waals surface area contributed by atoms with Gasteiger partial charge < -0.3 is 5.11 Å². The van der Waals surface area contributed by atoms with Crippen molar-refractivity contribution in [1.82, 2.24) is 3.94 Å². The molecule has 78 valence electrons. The summed E-state index contributed by atoms with van der Waals surface area (Å²) in [5.74, 6) is -0.992. The second-order valence-corrected chi connectivity index (χ2v) is 4.12. The van der Waals surface area contributed by atoms with Crippen molar-refractivity contribution in [2.24, 2.45) is 0 Å². The summed E-state index contributed by atoms with van der Waals surface area (Å²) in [6, 6.07) is 0. The van der Waals surface area contributed by atoms with Crippen LogP contribution < -0.4 is 0 Å². The van der Waals surface area contributed by atoms with E-state index in [9.17, 15) is 4.79 Å². The highest BCUT2D eigenvalue weighted by Crippen LogP contribution is 2.26. The highest BCUT2D eigenvalue weighted by molar-refractivity contribution is 6.35. The maximum Gasteiger partial charge on any atom is 0.326 e. The van der Waals surface area contributed by atoms with Gasteiger partial charge in [0, 0.05) is 0 Å². The number of unbranched alkanes of at least 4 members (excludes halogenated alkanes) is 2. The molecule has 0 rings (SSSR count). The van der Waals surface area contributed by atoms with Gasteiger partial charge in [-0.25, -0.2) is 0 Å². The largest absolute Gasteiger partial charge is 0.480 e. The molecule has 0 saturated heterocycles. The molecule has 0 aromatic carbocycles. The summed E-state index contributed by atoms with van der Waals surface area (Å²) in [6.07, 6.45) is 3.31. The average molecular weight is 228 g/mol. The quantitative estimate of drug-likeness (QED) is 0.561. The van der Waals surface area contributed by atoms with Gasteiger partial charge in [-0.1, -0.05) is 26.2 Å². The number of carboxylic acids is 1. The second-order valence-electron chi connectivity index (χ2n) is 3.27. The van der Waals surface area contributed by atoms with Crippen molar-refractivity contribution >= 4 is 29.5 Å². The van der Waals surface area contributed by atoms with Crippen LogP contribution in [-0.4, -0.2) is 20.6 Å². The molecule has 0 heterocycles. The van der Waals surface area contributed by atoms with Gasteiger partial charge in [-0.15, -0.1) is 3.94 Å². The smallest absolute Gasteiger partial charge is 0.326 e. The fourth-order valence-corrected chi connectivity index (χ4v) is 1.30. The third-order valence-corrected chi connectivity index (χ3v) is 2.85. The van der Waals surface area contributed by atoms with E-state index in [2.05, 4.69) is 6.92 Å². The Labute approximate surface area is 88.8 Å². The Bertz CT molecular complexity index is 176. The van der Waals surface area contributed by atoms with Gasteiger partial charge in [0.2, 0.25) is 0 Å². The number of carbonyl (C=O) groups is 1. The molecular weight excluding hydrogens is 213 g/mol. The fraction of sp³-hybridized carbons (Fsp3) is 0.875. The van der Waals surface area contributed by atoms with Gasteiger partial charge in [-0.3, -0.25) is 4.79 Å². The van der Waals surface area contributed by atoms with Gasteiger partial charge in [0.1, 0.15) is 5.54 Å². The molecule has 0 saturated carbocycles. The molecule has 3 nitrogen and oxygen atoms in total. The number of carboxylic acid groups (broad SMARTS) is 1. The maximum atomic E-state index is 10.8. The molecule has 0 aromatic heterocycles. The Morgan fingerprint density at radius 3 is 2.31 bits per heavy atom. The first kappa shape index (κ1) is 13.0. The average Bonchev–Trinajstić information content (AvgIpc) is 2.03. The van der Waals surface area contributed by atoms with Crippen LogP contribution in [0.25, 0.3) is 0 Å². The molecule has 0 bridgehead atoms. The molecule has 0 aliphatic rings. The molecular formula is C8H15Cl2NO2. The van der Waals surface area contributed by atoms with E-state index < -0.39 is 11.5 Å². The first-order chi connectivity index (χ1) is 5.95. The topological polar surface area (TPSA) is 40.5 Å². The zero-order valence-electron chi connectivity index (χ0n) is 7.89. The van der Waals surface area contributed by atoms with E-state index in [0.717, 1.165) is 23.2 Å². The van der Waals surface area contributed by atoms with E-state index in [0.29, 0.717) is 6.42 Å². The van der Waals surface area contributed by atoms with E-state index in [4.69, 9.17) is 28.7 Å². The minimum atomic E-state index is -1.17. The van der Waals surface area contributed by atoms with Crippen molar-refractivity contribution in [1.29, 1.82) is 0 Å². The third-order valence-electron chi connectivity index (χ3n) is 2.10. The molecule has 0 radical (unpaired) electrons. The summed E-state index contributed by atoms with van der Waals surface area (Å²) in [5, 5.41) is 8.89. The van der Waals surface area contributed by atoms with Gasteiger partial charge in [-0.2, -0.15) is 0 Å². The second kappa shape index (κ2) is 5.68. The van der Waals surface area contributed by atoms with Gasteiger partial charge in [0.25, 0.3) is 0 Å². The molecule has 1 atom stereocenters. The van der Waals surface area contributed by atoms with Crippen LogP contribution in [0.15, 0.2) is 0 Å². The van der Waals surface area contributed by atoms with Gasteiger partial charge in [0.15, 0.2) is 0 Å². The van der Waals surface area contributed by atoms with Crippen molar-refractivity contribution < 1.29 is 9.90 Å². The molecule has 13 heavy (non-hydrogen) atoms. The number of rotatable bonds is 6. The normalized spacial score (nSPS) is 15.8. The lowest BCUT2D eigenvalue weighted by atomic mass is 9.96. The van der Waals surface area contributed by atoms with Crippen molar-refractivity contribution in [3.8, 4) is 0 Å². The van der Waals surface area contributed by atoms with E-state index in [1.807, 2.05) is 0 Å². The van der Waals surface area contributed by atoms with Crippen molar-refractivity contribution in [3.05, 3.63) is 0 Å². The minimum absolute atomic E-state index is 0.461. The summed E-state index contributed by atoms with van der Waals surface area (Å²) < 4.78 is 0.727. The predicted molar refractivity (Wildman–Crippen MR) is 53.7 cm³/mol. The minimum Gasteiger partial charge on any atom is -0.480 e. The molecule has 0 aromatic rings. The molecule has 1 N–H and O–H groups in total. The van der Waals surface area contributed by atoms with Gasteiger partial charge in [0.05, 0.1) is 0 Å². The molecule has 1 unspecified atom stereocenters. The zero-order valence-corrected chi connectivity index (χ0v) is 9.40. The van der Waals surface area contributed by atoms with Crippen molar-refractivity contribution in [2.75, 3.05) is 0 Å². The van der Waals surface area contributed by atoms with E-state index >= 15 is 0 Å². The summed E-state index contributed by atoms with van der Waals surface area (Å²) in [5.41, 5.74) is -1.17. The SMILES string of the molecule is CCCCCC(C)(C(=O)O)N(Cl)Cl. The van der Waals surface area contributed by atoms with E-state index in [-0.39, 0.29) is 0 Å². The lowest BCUT2D eigenvalue weighted by Gasteiger charge is -2.27. The monoisotopic (exact) mass is 227 g/mol. The Balaban J connectivity index is 4.17. The van der Waals surface area contributed by atoms with Crippen LogP contribution in [0, 0.1) is 0 Å². The third kappa shape index (κ3) is 3.71. The maximum absolute atomic E-state index is 10.8. The highest BCUT2D eigenvalue weighted by Gasteiger charge is 2.38. The molecule has 0 fully saturated rings. The lowest BCUT2D eigenvalue weighted by Crippen LogP contribution is -2.43. The highest BCUT2D eigenvalue weighted by atomic mass is 35.5. The first-order valence-corrected chi connectivity index (χ1v) is 4.98. The Hall–Kier alpha value is 0.01000. The fourth-order valence-electron chi connectivity index (χ4n) is 0.983. The van der Waals surface area contributed by atoms with Crippen LogP contribution in [-0.2, 0) is 4.79 Å². The van der Waals surface area contributed by atoms with Gasteiger partial charge >= 0.3 is 5.97 Å². The van der Waals surface area contributed by atoms with Crippen LogP contribution in [0.2, 0.25) is 0 Å². The van der Waals surface area contributed by atoms with E-state index in [1.165, 1.54) is 6.92 Å². The van der Waals surface area contributed by atoms with Crippen LogP contribution in [0.5, 0.6) is 0 Å². The predicted octanol–water partition coefficient (Wildman–Crippen LogP) is 3.02. The number of nitrogens with zero attached hydrogens (tertiary/aromatic N) is 1. The van der Waals surface area contributed by atoms with Crippen LogP contribution in [0.4, 0.5) is 0 Å². The summed E-state index contributed by atoms with van der Waals surface area (Å²) in [4.78, 5) is 10.8. The van der Waals surface area contributed by atoms with E-state index in [1.54, 1.807) is 0 Å². The number of hydrogen-bond donors (Lipinski definition) is 1. The molecule has 0 spiro atoms. The number of aliphatic carboxylic acids is 1. The van der Waals surface area contributed by atoms with Crippen LogP contribution in [0.1, 0.15) is 39.5 Å².